The number of aromatic hydroxyl groups is 1. The van der Waals surface area contributed by atoms with Crippen LogP contribution in [0.5, 0.6) is 5.75 Å². The number of amides is 1. The van der Waals surface area contributed by atoms with Crippen molar-refractivity contribution < 1.29 is 18.7 Å². The summed E-state index contributed by atoms with van der Waals surface area (Å²) in [6.45, 7) is 15.6. The van der Waals surface area contributed by atoms with Crippen molar-refractivity contribution in [2.45, 2.75) is 72.9 Å². The largest absolute Gasteiger partial charge is 0.507 e. The fourth-order valence-electron chi connectivity index (χ4n) is 5.99. The number of benzene rings is 1. The van der Waals surface area contributed by atoms with Gasteiger partial charge in [0.2, 0.25) is 5.91 Å². The lowest BCUT2D eigenvalue weighted by Crippen LogP contribution is -2.58. The molecule has 0 spiro atoms. The highest BCUT2D eigenvalue weighted by Gasteiger charge is 2.34. The lowest BCUT2D eigenvalue weighted by molar-refractivity contribution is -0.130. The third kappa shape index (κ3) is 5.76. The molecule has 1 fully saturated rings. The lowest BCUT2D eigenvalue weighted by Gasteiger charge is -2.44. The second kappa shape index (κ2) is 12.7. The molecule has 1 amide bonds. The van der Waals surface area contributed by atoms with Crippen LogP contribution in [-0.4, -0.2) is 65.6 Å². The molecule has 5 rings (SSSR count). The SMILES string of the molecule is C.C=CC(=O)N1[C@H](C)CN(c2nc(=O)n(-c3c(C(C)C)ncnc3C(C)C)c3nc(-c4c(O)cccc4F)c(F)cc23)C[C@@H]1C. The van der Waals surface area contributed by atoms with Gasteiger partial charge in [-0.2, -0.15) is 4.98 Å². The molecule has 4 aromatic rings. The van der Waals surface area contributed by atoms with E-state index in [0.717, 1.165) is 12.1 Å². The van der Waals surface area contributed by atoms with Crippen LogP contribution in [0.3, 0.4) is 0 Å². The maximum Gasteiger partial charge on any atom is 0.355 e. The zero-order valence-electron chi connectivity index (χ0n) is 25.5. The van der Waals surface area contributed by atoms with Gasteiger partial charge in [-0.15, -0.1) is 0 Å². The average molecular weight is 620 g/mol. The minimum Gasteiger partial charge on any atom is -0.507 e. The Labute approximate surface area is 261 Å². The number of rotatable bonds is 6. The van der Waals surface area contributed by atoms with Crippen LogP contribution in [0.2, 0.25) is 0 Å². The smallest absolute Gasteiger partial charge is 0.355 e. The van der Waals surface area contributed by atoms with E-state index in [1.807, 2.05) is 46.4 Å². The van der Waals surface area contributed by atoms with E-state index in [9.17, 15) is 14.7 Å². The molecule has 4 heterocycles. The van der Waals surface area contributed by atoms with Crippen LogP contribution in [0.4, 0.5) is 14.6 Å². The molecule has 3 aromatic heterocycles. The van der Waals surface area contributed by atoms with Gasteiger partial charge in [-0.1, -0.05) is 47.8 Å². The Bertz CT molecular complexity index is 1780. The van der Waals surface area contributed by atoms with Gasteiger partial charge in [0.15, 0.2) is 11.5 Å². The Kier molecular flexibility index (Phi) is 9.36. The molecular weight excluding hydrogens is 580 g/mol. The summed E-state index contributed by atoms with van der Waals surface area (Å²) in [6.07, 6.45) is 2.70. The quantitative estimate of drug-likeness (QED) is 0.273. The Balaban J connectivity index is 0.00000461. The predicted octanol–water partition coefficient (Wildman–Crippen LogP) is 5.72. The molecule has 0 unspecified atom stereocenters. The van der Waals surface area contributed by atoms with Gasteiger partial charge in [0.05, 0.1) is 28.0 Å². The van der Waals surface area contributed by atoms with E-state index in [-0.39, 0.29) is 54.1 Å². The summed E-state index contributed by atoms with van der Waals surface area (Å²) in [5.74, 6) is -2.61. The number of phenols is 1. The van der Waals surface area contributed by atoms with E-state index < -0.39 is 34.3 Å². The number of hydrogen-bond donors (Lipinski definition) is 1. The molecular formula is C33H39F2N7O3. The highest BCUT2D eigenvalue weighted by Crippen LogP contribution is 2.37. The molecule has 2 atom stereocenters. The average Bonchev–Trinajstić information content (AvgIpc) is 2.96. The van der Waals surface area contributed by atoms with Crippen molar-refractivity contribution in [2.24, 2.45) is 0 Å². The fourth-order valence-corrected chi connectivity index (χ4v) is 5.99. The zero-order chi connectivity index (χ0) is 32.0. The first-order valence-electron chi connectivity index (χ1n) is 14.5. The summed E-state index contributed by atoms with van der Waals surface area (Å²) in [5, 5.41) is 10.7. The topological polar surface area (TPSA) is 117 Å². The molecule has 0 saturated carbocycles. The molecule has 0 aliphatic carbocycles. The van der Waals surface area contributed by atoms with Crippen LogP contribution >= 0.6 is 0 Å². The summed E-state index contributed by atoms with van der Waals surface area (Å²) >= 11 is 0. The molecule has 45 heavy (non-hydrogen) atoms. The molecule has 12 heteroatoms. The lowest BCUT2D eigenvalue weighted by atomic mass is 10.0. The summed E-state index contributed by atoms with van der Waals surface area (Å²) in [4.78, 5) is 48.2. The van der Waals surface area contributed by atoms with E-state index >= 15 is 8.78 Å². The van der Waals surface area contributed by atoms with Crippen molar-refractivity contribution in [1.82, 2.24) is 29.4 Å². The van der Waals surface area contributed by atoms with Crippen LogP contribution in [0.1, 0.15) is 72.2 Å². The number of carbonyl (C=O) groups is 1. The molecule has 0 bridgehead atoms. The highest BCUT2D eigenvalue weighted by atomic mass is 19.1. The Morgan fingerprint density at radius 3 is 2.16 bits per heavy atom. The highest BCUT2D eigenvalue weighted by molar-refractivity contribution is 5.91. The van der Waals surface area contributed by atoms with Crippen LogP contribution < -0.4 is 10.6 Å². The fraction of sp³-hybridized carbons (Fsp3) is 0.394. The van der Waals surface area contributed by atoms with Crippen LogP contribution in [0.25, 0.3) is 28.0 Å². The van der Waals surface area contributed by atoms with Crippen molar-refractivity contribution in [3.63, 3.8) is 0 Å². The van der Waals surface area contributed by atoms with Gasteiger partial charge in [-0.05, 0) is 50.0 Å². The van der Waals surface area contributed by atoms with Gasteiger partial charge in [0.25, 0.3) is 0 Å². The van der Waals surface area contributed by atoms with Crippen molar-refractivity contribution in [2.75, 3.05) is 18.0 Å². The molecule has 10 nitrogen and oxygen atoms in total. The third-order valence-corrected chi connectivity index (χ3v) is 7.87. The molecule has 238 valence electrons. The minimum absolute atomic E-state index is 0. The minimum atomic E-state index is -0.912. The number of anilines is 1. The molecule has 1 aliphatic heterocycles. The van der Waals surface area contributed by atoms with Crippen LogP contribution in [0, 0.1) is 11.6 Å². The molecule has 1 N–H and O–H groups in total. The third-order valence-electron chi connectivity index (χ3n) is 7.87. The summed E-state index contributed by atoms with van der Waals surface area (Å²) in [6, 6.07) is 4.23. The van der Waals surface area contributed by atoms with Gasteiger partial charge in [0.1, 0.15) is 29.4 Å². The van der Waals surface area contributed by atoms with Crippen molar-refractivity contribution in [1.29, 1.82) is 0 Å². The number of halogens is 2. The van der Waals surface area contributed by atoms with Crippen LogP contribution in [-0.2, 0) is 4.79 Å². The number of fused-ring (bicyclic) bond motifs is 1. The van der Waals surface area contributed by atoms with E-state index in [1.165, 1.54) is 29.1 Å². The Hall–Kier alpha value is -4.74. The van der Waals surface area contributed by atoms with Gasteiger partial charge >= 0.3 is 5.69 Å². The van der Waals surface area contributed by atoms with Gasteiger partial charge in [-0.25, -0.2) is 33.1 Å². The van der Waals surface area contributed by atoms with Gasteiger partial charge in [0, 0.05) is 25.2 Å². The number of piperazine rings is 1. The van der Waals surface area contributed by atoms with Crippen molar-refractivity contribution in [3.05, 3.63) is 76.8 Å². The number of nitrogens with zero attached hydrogens (tertiary/aromatic N) is 7. The standard InChI is InChI=1S/C32H35F2N7O3.CH4/c1-8-24(43)40-18(6)13-39(14-19(40)7)30-20-12-22(34)28(25-21(33)10-9-11-23(25)42)37-31(20)41(32(44)38-30)29-26(16(2)3)35-15-36-27(29)17(4)5;/h8-12,15-19,42H,1,13-14H2,2-7H3;1H4/t18-,19+;. The number of pyridine rings is 1. The van der Waals surface area contributed by atoms with Gasteiger partial charge in [-0.3, -0.25) is 4.79 Å². The number of hydrogen-bond acceptors (Lipinski definition) is 8. The predicted molar refractivity (Wildman–Crippen MR) is 171 cm³/mol. The maximum absolute atomic E-state index is 16.0. The van der Waals surface area contributed by atoms with Crippen molar-refractivity contribution in [3.8, 4) is 22.7 Å². The summed E-state index contributed by atoms with van der Waals surface area (Å²) < 4.78 is 32.3. The van der Waals surface area contributed by atoms with Crippen molar-refractivity contribution >= 4 is 22.8 Å². The van der Waals surface area contributed by atoms with E-state index in [0.29, 0.717) is 30.2 Å². The van der Waals surface area contributed by atoms with E-state index in [2.05, 4.69) is 26.5 Å². The number of carbonyl (C=O) groups excluding carboxylic acids is 1. The molecule has 0 radical (unpaired) electrons. The molecule has 1 aromatic carbocycles. The van der Waals surface area contributed by atoms with E-state index in [4.69, 9.17) is 0 Å². The second-order valence-corrected chi connectivity index (χ2v) is 11.7. The Morgan fingerprint density at radius 2 is 1.62 bits per heavy atom. The first-order chi connectivity index (χ1) is 20.8. The van der Waals surface area contributed by atoms with E-state index in [1.54, 1.807) is 4.90 Å². The monoisotopic (exact) mass is 619 g/mol. The summed E-state index contributed by atoms with van der Waals surface area (Å²) in [5.41, 5.74) is -0.112. The first-order valence-corrected chi connectivity index (χ1v) is 14.5. The summed E-state index contributed by atoms with van der Waals surface area (Å²) in [7, 11) is 0. The zero-order valence-corrected chi connectivity index (χ0v) is 25.5. The van der Waals surface area contributed by atoms with Crippen LogP contribution in [0.15, 0.2) is 48.0 Å². The molecule has 1 aliphatic rings. The normalized spacial score (nSPS) is 16.8. The first kappa shape index (κ1) is 33.2. The Morgan fingerprint density at radius 1 is 1.02 bits per heavy atom. The number of phenolic OH excluding ortho intramolecular Hbond substituents is 1. The van der Waals surface area contributed by atoms with Gasteiger partial charge < -0.3 is 14.9 Å². The maximum atomic E-state index is 16.0. The second-order valence-electron chi connectivity index (χ2n) is 11.7. The molecule has 1 saturated heterocycles. The number of aromatic nitrogens is 5.